The molecule has 0 aliphatic carbocycles. The Balaban J connectivity index is 2.20. The predicted molar refractivity (Wildman–Crippen MR) is 99.2 cm³/mol. The highest BCUT2D eigenvalue weighted by molar-refractivity contribution is 7.66. The van der Waals surface area contributed by atoms with Gasteiger partial charge in [-0.1, -0.05) is 0 Å². The summed E-state index contributed by atoms with van der Waals surface area (Å²) in [6.45, 7) is 0.145. The molecular weight excluding hydrogens is 507 g/mol. The highest BCUT2D eigenvalue weighted by atomic mass is 31.3. The van der Waals surface area contributed by atoms with Gasteiger partial charge in [-0.3, -0.25) is 9.09 Å². The first-order chi connectivity index (χ1) is 14.5. The first-order valence-corrected chi connectivity index (χ1v) is 12.8. The van der Waals surface area contributed by atoms with Crippen molar-refractivity contribution in [2.75, 3.05) is 18.9 Å². The van der Waals surface area contributed by atoms with Gasteiger partial charge in [-0.15, -0.1) is 0 Å². The third-order valence-corrected chi connectivity index (χ3v) is 7.53. The van der Waals surface area contributed by atoms with Crippen LogP contribution < -0.4 is 11.4 Å². The summed E-state index contributed by atoms with van der Waals surface area (Å²) < 4.78 is 56.5. The van der Waals surface area contributed by atoms with Gasteiger partial charge in [0.25, 0.3) is 0 Å². The summed E-state index contributed by atoms with van der Waals surface area (Å²) in [4.78, 5) is 51.2. The highest BCUT2D eigenvalue weighted by Crippen LogP contribution is 2.66. The minimum atomic E-state index is -5.76. The molecule has 1 aromatic heterocycles. The van der Waals surface area contributed by atoms with Crippen LogP contribution in [0.1, 0.15) is 13.2 Å². The molecule has 1 fully saturated rings. The number of ether oxygens (including phenoxy) is 2. The molecule has 1 aliphatic heterocycles. The number of hydrogen-bond acceptors (Lipinski definition) is 13. The Labute approximate surface area is 178 Å². The van der Waals surface area contributed by atoms with E-state index >= 15 is 0 Å². The van der Waals surface area contributed by atoms with Gasteiger partial charge in [0, 0.05) is 12.8 Å². The largest absolute Gasteiger partial charge is 0.490 e. The lowest BCUT2D eigenvalue weighted by Crippen LogP contribution is -2.51. The maximum Gasteiger partial charge on any atom is 0.490 e. The highest BCUT2D eigenvalue weighted by Gasteiger charge is 2.58. The Hall–Kier alpha value is -1.07. The number of rotatable bonds is 10. The number of nitrogen functional groups attached to an aromatic ring is 1. The van der Waals surface area contributed by atoms with Crippen molar-refractivity contribution < 1.29 is 66.1 Å². The van der Waals surface area contributed by atoms with Gasteiger partial charge in [0.2, 0.25) is 5.79 Å². The number of aliphatic hydroxyl groups is 2. The second kappa shape index (κ2) is 9.66. The Bertz CT molecular complexity index is 1030. The maximum atomic E-state index is 12.1. The lowest BCUT2D eigenvalue weighted by Gasteiger charge is -2.31. The van der Waals surface area contributed by atoms with Gasteiger partial charge >= 0.3 is 29.2 Å². The number of nitrogens with two attached hydrogens (primary N) is 1. The Kier molecular flexibility index (Phi) is 8.20. The normalized spacial score (nSPS) is 30.0. The lowest BCUT2D eigenvalue weighted by molar-refractivity contribution is -0.276. The van der Waals surface area contributed by atoms with Gasteiger partial charge in [0.15, 0.2) is 6.23 Å². The van der Waals surface area contributed by atoms with Crippen molar-refractivity contribution in [3.63, 3.8) is 0 Å². The van der Waals surface area contributed by atoms with Crippen LogP contribution in [0, 0.1) is 0 Å². The van der Waals surface area contributed by atoms with Crippen molar-refractivity contribution in [3.05, 3.63) is 22.7 Å². The summed E-state index contributed by atoms with van der Waals surface area (Å²) in [5.41, 5.74) is 4.38. The van der Waals surface area contributed by atoms with E-state index in [9.17, 15) is 33.6 Å². The third kappa shape index (κ3) is 6.72. The number of aliphatic hydroxyl groups excluding tert-OH is 1. The number of phosphoric ester groups is 1. The van der Waals surface area contributed by atoms with E-state index in [-0.39, 0.29) is 12.4 Å². The summed E-state index contributed by atoms with van der Waals surface area (Å²) in [5.74, 6) is -2.74. The van der Waals surface area contributed by atoms with Gasteiger partial charge in [-0.25, -0.2) is 18.5 Å². The molecule has 18 nitrogen and oxygen atoms in total. The van der Waals surface area contributed by atoms with Gasteiger partial charge in [0.05, 0.1) is 6.61 Å². The minimum Gasteiger partial charge on any atom is -0.384 e. The first-order valence-electron chi connectivity index (χ1n) is 8.32. The van der Waals surface area contributed by atoms with E-state index in [0.29, 0.717) is 4.57 Å². The zero-order valence-corrected chi connectivity index (χ0v) is 18.7. The van der Waals surface area contributed by atoms with Gasteiger partial charge in [0.1, 0.15) is 18.0 Å². The molecule has 2 rings (SSSR count). The van der Waals surface area contributed by atoms with Crippen LogP contribution in [0.2, 0.25) is 0 Å². The number of phosphoric acid groups is 3. The summed E-state index contributed by atoms with van der Waals surface area (Å²) >= 11 is 0. The minimum absolute atomic E-state index is 0.158. The van der Waals surface area contributed by atoms with E-state index in [1.54, 1.807) is 0 Å². The average Bonchev–Trinajstić information content (AvgIpc) is 2.82. The molecule has 0 aromatic carbocycles. The molecule has 0 saturated carbocycles. The molecule has 0 spiro atoms. The standard InChI is InChI=1S/C11H20N3O15P3/c1-2-25-11(17)8(15)6(27-9(11)14-4-3-7(12)13-10(14)16)5-26-31(21,22)29-32(23,24)28-30(18,19)20/h3-4,6,8-9,15,17H,2,5H2,1H3,(H,21,22)(H,23,24)(H2,12,13,16)(H2,18,19,20)/t6-,8-,9-,11+/m1/s1. The van der Waals surface area contributed by atoms with E-state index < -0.39 is 60.0 Å². The van der Waals surface area contributed by atoms with Crippen molar-refractivity contribution in [1.29, 1.82) is 0 Å². The maximum absolute atomic E-state index is 12.1. The summed E-state index contributed by atoms with van der Waals surface area (Å²) in [6, 6.07) is 1.17. The summed E-state index contributed by atoms with van der Waals surface area (Å²) in [5, 5.41) is 21.2. The molecule has 0 amide bonds. The molecule has 6 atom stereocenters. The van der Waals surface area contributed by atoms with Crippen LogP contribution >= 0.6 is 23.5 Å². The van der Waals surface area contributed by atoms with Crippen molar-refractivity contribution in [1.82, 2.24) is 9.55 Å². The van der Waals surface area contributed by atoms with Gasteiger partial charge < -0.3 is 45.0 Å². The fourth-order valence-electron chi connectivity index (χ4n) is 2.61. The van der Waals surface area contributed by atoms with E-state index in [2.05, 4.69) is 18.1 Å². The fraction of sp³-hybridized carbons (Fsp3) is 0.636. The third-order valence-electron chi connectivity index (χ3n) is 3.73. The van der Waals surface area contributed by atoms with Crippen LogP contribution in [0.3, 0.4) is 0 Å². The molecule has 21 heteroatoms. The number of anilines is 1. The Morgan fingerprint density at radius 3 is 2.38 bits per heavy atom. The molecule has 1 saturated heterocycles. The molecule has 8 N–H and O–H groups in total. The van der Waals surface area contributed by atoms with Gasteiger partial charge in [-0.05, 0) is 13.0 Å². The molecule has 184 valence electrons. The van der Waals surface area contributed by atoms with Crippen LogP contribution in [0.15, 0.2) is 17.1 Å². The monoisotopic (exact) mass is 527 g/mol. The number of nitrogens with zero attached hydrogens (tertiary/aromatic N) is 2. The van der Waals surface area contributed by atoms with E-state index in [1.165, 1.54) is 13.0 Å². The second-order valence-electron chi connectivity index (χ2n) is 6.09. The van der Waals surface area contributed by atoms with E-state index in [4.69, 9.17) is 29.9 Å². The lowest BCUT2D eigenvalue weighted by atomic mass is 10.1. The zero-order chi connectivity index (χ0) is 24.5. The molecule has 0 radical (unpaired) electrons. The van der Waals surface area contributed by atoms with E-state index in [1.807, 2.05) is 0 Å². The fourth-order valence-corrected chi connectivity index (χ4v) is 5.64. The predicted octanol–water partition coefficient (Wildman–Crippen LogP) is -1.85. The molecular formula is C11H20N3O15P3. The first kappa shape index (κ1) is 27.2. The van der Waals surface area contributed by atoms with Crippen molar-refractivity contribution >= 4 is 29.3 Å². The number of aromatic nitrogens is 2. The second-order valence-corrected chi connectivity index (χ2v) is 10.5. The van der Waals surface area contributed by atoms with Crippen molar-refractivity contribution in [3.8, 4) is 0 Å². The van der Waals surface area contributed by atoms with Crippen LogP contribution in [0.5, 0.6) is 0 Å². The SMILES string of the molecule is CCO[C@@]1(O)[C@H](O)[C@@H](COP(=O)(O)OP(=O)(O)OP(=O)(O)O)O[C@H]1n1ccc(N)nc1=O. The van der Waals surface area contributed by atoms with Crippen LogP contribution in [-0.2, 0) is 36.3 Å². The van der Waals surface area contributed by atoms with Gasteiger partial charge in [-0.2, -0.15) is 13.6 Å². The molecule has 32 heavy (non-hydrogen) atoms. The average molecular weight is 527 g/mol. The molecule has 1 aliphatic rings. The quantitative estimate of drug-likeness (QED) is 0.130. The van der Waals surface area contributed by atoms with E-state index in [0.717, 1.165) is 6.20 Å². The molecule has 1 aromatic rings. The molecule has 0 bridgehead atoms. The van der Waals surface area contributed by atoms with Crippen LogP contribution in [0.25, 0.3) is 0 Å². The molecule has 2 heterocycles. The van der Waals surface area contributed by atoms with Crippen molar-refractivity contribution in [2.45, 2.75) is 31.1 Å². The smallest absolute Gasteiger partial charge is 0.384 e. The zero-order valence-electron chi connectivity index (χ0n) is 16.0. The summed E-state index contributed by atoms with van der Waals surface area (Å²) in [6.07, 6.45) is -4.38. The van der Waals surface area contributed by atoms with Crippen LogP contribution in [0.4, 0.5) is 5.82 Å². The van der Waals surface area contributed by atoms with Crippen LogP contribution in [-0.4, -0.2) is 70.5 Å². The molecule has 2 unspecified atom stereocenters. The topological polar surface area (TPSA) is 280 Å². The number of hydrogen-bond donors (Lipinski definition) is 7. The Morgan fingerprint density at radius 1 is 1.22 bits per heavy atom. The van der Waals surface area contributed by atoms with Crippen molar-refractivity contribution in [2.24, 2.45) is 0 Å². The summed E-state index contributed by atoms with van der Waals surface area (Å²) in [7, 11) is -16.9. The Morgan fingerprint density at radius 2 is 1.84 bits per heavy atom.